The lowest BCUT2D eigenvalue weighted by Crippen LogP contribution is -2.32. The van der Waals surface area contributed by atoms with E-state index in [1.165, 1.54) is 12.1 Å². The van der Waals surface area contributed by atoms with Crippen LogP contribution < -0.4 is 10.6 Å². The van der Waals surface area contributed by atoms with E-state index in [4.69, 9.17) is 4.74 Å². The summed E-state index contributed by atoms with van der Waals surface area (Å²) < 4.78 is 5.25. The average Bonchev–Trinajstić information content (AvgIpc) is 2.36. The summed E-state index contributed by atoms with van der Waals surface area (Å²) in [5.74, 6) is 0.889. The third-order valence-corrected chi connectivity index (χ3v) is 2.52. The van der Waals surface area contributed by atoms with Crippen LogP contribution in [-0.4, -0.2) is 36.2 Å². The molecule has 1 rings (SSSR count). The quantitative estimate of drug-likeness (QED) is 0.595. The van der Waals surface area contributed by atoms with Gasteiger partial charge in [0.2, 0.25) is 0 Å². The van der Waals surface area contributed by atoms with Gasteiger partial charge in [0.1, 0.15) is 11.6 Å². The number of hydrogen-bond donors (Lipinski definition) is 2. The van der Waals surface area contributed by atoms with E-state index >= 15 is 0 Å². The van der Waals surface area contributed by atoms with Crippen LogP contribution in [0.25, 0.3) is 0 Å². The van der Waals surface area contributed by atoms with Crippen molar-refractivity contribution in [2.45, 2.75) is 19.4 Å². The maximum atomic E-state index is 10.8. The maximum absolute atomic E-state index is 10.8. The Hall–Kier alpha value is -1.89. The summed E-state index contributed by atoms with van der Waals surface area (Å²) in [6.07, 6.45) is 0. The molecule has 0 aromatic carbocycles. The van der Waals surface area contributed by atoms with Crippen LogP contribution in [0.2, 0.25) is 0 Å². The Labute approximate surface area is 106 Å². The zero-order chi connectivity index (χ0) is 13.8. The zero-order valence-electron chi connectivity index (χ0n) is 11.0. The van der Waals surface area contributed by atoms with Crippen molar-refractivity contribution in [3.05, 3.63) is 22.2 Å². The molecule has 0 saturated heterocycles. The first-order valence-corrected chi connectivity index (χ1v) is 5.51. The van der Waals surface area contributed by atoms with Gasteiger partial charge in [-0.05, 0) is 13.8 Å². The largest absolute Gasteiger partial charge is 0.377 e. The van der Waals surface area contributed by atoms with Gasteiger partial charge < -0.3 is 15.4 Å². The second kappa shape index (κ2) is 5.63. The number of aromatic nitrogens is 1. The first-order chi connectivity index (χ1) is 8.38. The van der Waals surface area contributed by atoms with Crippen molar-refractivity contribution >= 4 is 17.3 Å². The minimum Gasteiger partial charge on any atom is -0.377 e. The molecule has 0 bridgehead atoms. The highest BCUT2D eigenvalue weighted by molar-refractivity contribution is 5.54. The molecule has 1 aromatic heterocycles. The van der Waals surface area contributed by atoms with Gasteiger partial charge in [-0.15, -0.1) is 0 Å². The van der Waals surface area contributed by atoms with E-state index in [2.05, 4.69) is 15.6 Å². The Kier molecular flexibility index (Phi) is 4.43. The van der Waals surface area contributed by atoms with Crippen LogP contribution in [-0.2, 0) is 4.74 Å². The number of hydrogen-bond acceptors (Lipinski definition) is 6. The molecular formula is C11H18N4O3. The molecule has 0 saturated carbocycles. The monoisotopic (exact) mass is 254 g/mol. The summed E-state index contributed by atoms with van der Waals surface area (Å²) in [7, 11) is 3.27. The van der Waals surface area contributed by atoms with Gasteiger partial charge in [0.05, 0.1) is 22.7 Å². The Bertz CT molecular complexity index is 434. The number of nitrogens with zero attached hydrogens (tertiary/aromatic N) is 2. The van der Waals surface area contributed by atoms with Crippen molar-refractivity contribution < 1.29 is 9.66 Å². The second-order valence-corrected chi connectivity index (χ2v) is 4.42. The third-order valence-electron chi connectivity index (χ3n) is 2.52. The van der Waals surface area contributed by atoms with Crippen molar-refractivity contribution in [1.29, 1.82) is 0 Å². The third kappa shape index (κ3) is 3.85. The summed E-state index contributed by atoms with van der Waals surface area (Å²) in [4.78, 5) is 14.5. The molecule has 0 spiro atoms. The number of nitro groups is 1. The molecule has 1 heterocycles. The van der Waals surface area contributed by atoms with Gasteiger partial charge in [-0.2, -0.15) is 0 Å². The number of anilines is 2. The van der Waals surface area contributed by atoms with Gasteiger partial charge >= 0.3 is 0 Å². The van der Waals surface area contributed by atoms with E-state index in [0.717, 1.165) is 0 Å². The van der Waals surface area contributed by atoms with Gasteiger partial charge in [0.15, 0.2) is 0 Å². The number of ether oxygens (including phenoxy) is 1. The van der Waals surface area contributed by atoms with Gasteiger partial charge in [0.25, 0.3) is 5.69 Å². The Morgan fingerprint density at radius 3 is 2.56 bits per heavy atom. The van der Waals surface area contributed by atoms with Crippen LogP contribution in [0.1, 0.15) is 13.8 Å². The van der Waals surface area contributed by atoms with Crippen molar-refractivity contribution in [1.82, 2.24) is 4.98 Å². The molecule has 0 atom stereocenters. The van der Waals surface area contributed by atoms with Gasteiger partial charge in [-0.3, -0.25) is 10.1 Å². The van der Waals surface area contributed by atoms with Gasteiger partial charge in [-0.1, -0.05) is 0 Å². The minimum atomic E-state index is -0.449. The average molecular weight is 254 g/mol. The molecule has 7 heteroatoms. The predicted molar refractivity (Wildman–Crippen MR) is 70.0 cm³/mol. The van der Waals surface area contributed by atoms with Crippen LogP contribution in [0.3, 0.4) is 0 Å². The summed E-state index contributed by atoms with van der Waals surface area (Å²) in [6.45, 7) is 4.33. The van der Waals surface area contributed by atoms with E-state index in [9.17, 15) is 10.1 Å². The fraction of sp³-hybridized carbons (Fsp3) is 0.545. The molecular weight excluding hydrogens is 236 g/mol. The van der Waals surface area contributed by atoms with Crippen LogP contribution in [0.15, 0.2) is 12.1 Å². The van der Waals surface area contributed by atoms with E-state index in [1.807, 2.05) is 13.8 Å². The lowest BCUT2D eigenvalue weighted by atomic mass is 10.1. The van der Waals surface area contributed by atoms with Crippen molar-refractivity contribution in [2.24, 2.45) is 0 Å². The van der Waals surface area contributed by atoms with Crippen LogP contribution in [0.4, 0.5) is 17.3 Å². The van der Waals surface area contributed by atoms with E-state index in [1.54, 1.807) is 14.2 Å². The van der Waals surface area contributed by atoms with Crippen molar-refractivity contribution in [3.8, 4) is 0 Å². The molecule has 0 unspecified atom stereocenters. The van der Waals surface area contributed by atoms with Gasteiger partial charge in [0, 0.05) is 20.7 Å². The van der Waals surface area contributed by atoms with E-state index in [-0.39, 0.29) is 11.3 Å². The summed E-state index contributed by atoms with van der Waals surface area (Å²) in [5, 5.41) is 16.6. The normalized spacial score (nSPS) is 11.1. The number of nitrogens with one attached hydrogen (secondary N) is 2. The first-order valence-electron chi connectivity index (χ1n) is 5.51. The molecule has 0 amide bonds. The van der Waals surface area contributed by atoms with Crippen LogP contribution >= 0.6 is 0 Å². The topological polar surface area (TPSA) is 89.3 Å². The molecule has 18 heavy (non-hydrogen) atoms. The Morgan fingerprint density at radius 2 is 2.06 bits per heavy atom. The van der Waals surface area contributed by atoms with Gasteiger partial charge in [-0.25, -0.2) is 4.98 Å². The minimum absolute atomic E-state index is 0.00734. The maximum Gasteiger partial charge on any atom is 0.276 e. The van der Waals surface area contributed by atoms with Crippen molar-refractivity contribution in [2.75, 3.05) is 31.3 Å². The highest BCUT2D eigenvalue weighted by Crippen LogP contribution is 2.21. The molecule has 0 aliphatic heterocycles. The highest BCUT2D eigenvalue weighted by atomic mass is 16.6. The number of methoxy groups -OCH3 is 1. The van der Waals surface area contributed by atoms with Crippen LogP contribution in [0, 0.1) is 10.1 Å². The molecule has 100 valence electrons. The summed E-state index contributed by atoms with van der Waals surface area (Å²) in [6, 6.07) is 2.78. The molecule has 0 aliphatic carbocycles. The smallest absolute Gasteiger partial charge is 0.276 e. The fourth-order valence-electron chi connectivity index (χ4n) is 1.22. The zero-order valence-corrected chi connectivity index (χ0v) is 11.0. The molecule has 7 nitrogen and oxygen atoms in total. The van der Waals surface area contributed by atoms with Crippen molar-refractivity contribution in [3.63, 3.8) is 0 Å². The molecule has 1 aromatic rings. The summed E-state index contributed by atoms with van der Waals surface area (Å²) in [5.41, 5.74) is -0.376. The standard InChI is InChI=1S/C11H18N4O3/c1-11(2,18-4)7-13-10-6-8(15(16)17)5-9(12-3)14-10/h5-6H,7H2,1-4H3,(H2,12,13,14). The summed E-state index contributed by atoms with van der Waals surface area (Å²) >= 11 is 0. The first kappa shape index (κ1) is 14.2. The number of rotatable bonds is 6. The Balaban J connectivity index is 2.88. The van der Waals surface area contributed by atoms with Crippen LogP contribution in [0.5, 0.6) is 0 Å². The van der Waals surface area contributed by atoms with E-state index in [0.29, 0.717) is 18.2 Å². The van der Waals surface area contributed by atoms with E-state index < -0.39 is 4.92 Å². The fourth-order valence-corrected chi connectivity index (χ4v) is 1.22. The number of pyridine rings is 1. The molecule has 2 N–H and O–H groups in total. The molecule has 0 aliphatic rings. The molecule has 0 fully saturated rings. The predicted octanol–water partition coefficient (Wildman–Crippen LogP) is 1.87. The Morgan fingerprint density at radius 1 is 1.44 bits per heavy atom. The lowest BCUT2D eigenvalue weighted by Gasteiger charge is -2.23. The molecule has 0 radical (unpaired) electrons. The lowest BCUT2D eigenvalue weighted by molar-refractivity contribution is -0.384. The SMILES string of the molecule is CNc1cc([N+](=O)[O-])cc(NCC(C)(C)OC)n1. The highest BCUT2D eigenvalue weighted by Gasteiger charge is 2.17. The second-order valence-electron chi connectivity index (χ2n) is 4.42.